The van der Waals surface area contributed by atoms with Crippen molar-refractivity contribution >= 4 is 10.9 Å². The fourth-order valence-electron chi connectivity index (χ4n) is 3.12. The summed E-state index contributed by atoms with van der Waals surface area (Å²) in [5.41, 5.74) is 4.40. The highest BCUT2D eigenvalue weighted by Crippen LogP contribution is 2.27. The molecule has 1 fully saturated rings. The number of rotatable bonds is 5. The van der Waals surface area contributed by atoms with Gasteiger partial charge in [0.25, 0.3) is 0 Å². The minimum absolute atomic E-state index is 0.664. The average molecular weight is 301 g/mol. The van der Waals surface area contributed by atoms with Crippen LogP contribution in [0.3, 0.4) is 0 Å². The van der Waals surface area contributed by atoms with Crippen molar-refractivity contribution in [1.29, 1.82) is 5.26 Å². The zero-order valence-corrected chi connectivity index (χ0v) is 13.0. The Kier molecular flexibility index (Phi) is 3.61. The van der Waals surface area contributed by atoms with Crippen molar-refractivity contribution in [3.05, 3.63) is 71.4 Å². The summed E-state index contributed by atoms with van der Waals surface area (Å²) < 4.78 is 2.26. The number of hydrogen-bond acceptors (Lipinski definition) is 2. The van der Waals surface area contributed by atoms with E-state index in [-0.39, 0.29) is 0 Å². The first-order valence-corrected chi connectivity index (χ1v) is 8.13. The maximum absolute atomic E-state index is 9.47. The van der Waals surface area contributed by atoms with Crippen molar-refractivity contribution in [2.75, 3.05) is 0 Å². The molecule has 1 N–H and O–H groups in total. The highest BCUT2D eigenvalue weighted by molar-refractivity contribution is 5.89. The number of fused-ring (bicyclic) bond motifs is 1. The maximum Gasteiger partial charge on any atom is 0.0998 e. The molecule has 1 saturated carbocycles. The van der Waals surface area contributed by atoms with Gasteiger partial charge in [0.1, 0.15) is 0 Å². The molecule has 1 aliphatic carbocycles. The smallest absolute Gasteiger partial charge is 0.0998 e. The molecule has 0 radical (unpaired) electrons. The minimum Gasteiger partial charge on any atom is -0.343 e. The molecule has 3 heteroatoms. The van der Waals surface area contributed by atoms with Crippen LogP contribution in [-0.2, 0) is 13.1 Å². The van der Waals surface area contributed by atoms with Crippen LogP contribution in [0.1, 0.15) is 29.5 Å². The van der Waals surface area contributed by atoms with E-state index in [0.29, 0.717) is 6.04 Å². The van der Waals surface area contributed by atoms with Gasteiger partial charge in [-0.3, -0.25) is 0 Å². The molecule has 2 aromatic carbocycles. The van der Waals surface area contributed by atoms with E-state index in [1.807, 2.05) is 18.2 Å². The van der Waals surface area contributed by atoms with Gasteiger partial charge in [0.15, 0.2) is 0 Å². The maximum atomic E-state index is 9.47. The first-order valence-electron chi connectivity index (χ1n) is 8.13. The molecule has 0 atom stereocenters. The lowest BCUT2D eigenvalue weighted by Gasteiger charge is -2.05. The Labute approximate surface area is 136 Å². The number of benzene rings is 2. The van der Waals surface area contributed by atoms with Crippen LogP contribution in [0.2, 0.25) is 0 Å². The molecule has 4 rings (SSSR count). The second-order valence-corrected chi connectivity index (χ2v) is 6.23. The first kappa shape index (κ1) is 14.0. The second-order valence-electron chi connectivity index (χ2n) is 6.23. The van der Waals surface area contributed by atoms with Crippen LogP contribution in [0.4, 0.5) is 0 Å². The molecular weight excluding hydrogens is 282 g/mol. The summed E-state index contributed by atoms with van der Waals surface area (Å²) in [6.45, 7) is 1.66. The Bertz CT molecular complexity index is 867. The zero-order chi connectivity index (χ0) is 15.6. The Hall–Kier alpha value is -2.57. The largest absolute Gasteiger partial charge is 0.343 e. The summed E-state index contributed by atoms with van der Waals surface area (Å²) in [6.07, 6.45) is 4.75. The van der Waals surface area contributed by atoms with Gasteiger partial charge in [-0.25, -0.2) is 0 Å². The van der Waals surface area contributed by atoms with Gasteiger partial charge < -0.3 is 9.88 Å². The minimum atomic E-state index is 0.664. The van der Waals surface area contributed by atoms with E-state index in [1.54, 1.807) is 0 Å². The molecule has 23 heavy (non-hydrogen) atoms. The Morgan fingerprint density at radius 1 is 1.09 bits per heavy atom. The third-order valence-corrected chi connectivity index (χ3v) is 4.46. The van der Waals surface area contributed by atoms with Crippen molar-refractivity contribution in [1.82, 2.24) is 9.88 Å². The van der Waals surface area contributed by atoms with Gasteiger partial charge in [0, 0.05) is 36.2 Å². The molecule has 0 spiro atoms. The Balaban J connectivity index is 1.76. The van der Waals surface area contributed by atoms with Crippen LogP contribution in [-0.4, -0.2) is 10.6 Å². The van der Waals surface area contributed by atoms with Gasteiger partial charge in [0.05, 0.1) is 11.6 Å². The fraction of sp³-hybridized carbons (Fsp3) is 0.250. The van der Waals surface area contributed by atoms with Crippen LogP contribution < -0.4 is 5.32 Å². The predicted octanol–water partition coefficient (Wildman–Crippen LogP) is 3.81. The van der Waals surface area contributed by atoms with E-state index >= 15 is 0 Å². The summed E-state index contributed by atoms with van der Waals surface area (Å²) in [7, 11) is 0. The van der Waals surface area contributed by atoms with Gasteiger partial charge in [0.2, 0.25) is 0 Å². The van der Waals surface area contributed by atoms with Crippen LogP contribution in [0, 0.1) is 11.3 Å². The number of hydrogen-bond donors (Lipinski definition) is 1. The number of nitriles is 1. The van der Waals surface area contributed by atoms with Crippen molar-refractivity contribution in [2.24, 2.45) is 0 Å². The fourth-order valence-corrected chi connectivity index (χ4v) is 3.12. The summed E-state index contributed by atoms with van der Waals surface area (Å²) >= 11 is 0. The van der Waals surface area contributed by atoms with E-state index in [4.69, 9.17) is 0 Å². The van der Waals surface area contributed by atoms with E-state index in [1.165, 1.54) is 24.0 Å². The van der Waals surface area contributed by atoms with Gasteiger partial charge in [-0.15, -0.1) is 0 Å². The second kappa shape index (κ2) is 5.91. The predicted molar refractivity (Wildman–Crippen MR) is 92.1 cm³/mol. The van der Waals surface area contributed by atoms with Crippen molar-refractivity contribution in [3.8, 4) is 6.07 Å². The topological polar surface area (TPSA) is 40.8 Å². The molecule has 1 heterocycles. The molecule has 0 unspecified atom stereocenters. The molecule has 3 aromatic rings. The average Bonchev–Trinajstić information content (AvgIpc) is 3.36. The Morgan fingerprint density at radius 3 is 2.65 bits per heavy atom. The lowest BCUT2D eigenvalue weighted by atomic mass is 10.1. The molecule has 1 aromatic heterocycles. The molecule has 114 valence electrons. The molecule has 0 aliphatic heterocycles. The standard InChI is InChI=1S/C20H19N3/c21-11-16-7-4-8-19-20(16)17(12-22-18-9-10-18)14-23(19)13-15-5-2-1-3-6-15/h1-8,14,18,22H,9-10,12-13H2. The van der Waals surface area contributed by atoms with E-state index in [2.05, 4.69) is 52.5 Å². The van der Waals surface area contributed by atoms with Crippen molar-refractivity contribution in [2.45, 2.75) is 32.0 Å². The number of nitrogens with zero attached hydrogens (tertiary/aromatic N) is 2. The van der Waals surface area contributed by atoms with Crippen LogP contribution >= 0.6 is 0 Å². The third kappa shape index (κ3) is 2.86. The lowest BCUT2D eigenvalue weighted by Crippen LogP contribution is -2.15. The third-order valence-electron chi connectivity index (χ3n) is 4.46. The van der Waals surface area contributed by atoms with Gasteiger partial charge in [-0.05, 0) is 36.1 Å². The van der Waals surface area contributed by atoms with E-state index in [9.17, 15) is 5.26 Å². The zero-order valence-electron chi connectivity index (χ0n) is 13.0. The van der Waals surface area contributed by atoms with Gasteiger partial charge >= 0.3 is 0 Å². The molecule has 1 aliphatic rings. The van der Waals surface area contributed by atoms with Gasteiger partial charge in [-0.2, -0.15) is 5.26 Å². The Morgan fingerprint density at radius 2 is 1.91 bits per heavy atom. The first-order chi connectivity index (χ1) is 11.3. The molecule has 3 nitrogen and oxygen atoms in total. The summed E-state index contributed by atoms with van der Waals surface area (Å²) in [4.78, 5) is 0. The van der Waals surface area contributed by atoms with Crippen LogP contribution in [0.15, 0.2) is 54.7 Å². The number of nitrogens with one attached hydrogen (secondary N) is 1. The summed E-state index contributed by atoms with van der Waals surface area (Å²) in [5.74, 6) is 0. The SMILES string of the molecule is N#Cc1cccc2c1c(CNC1CC1)cn2Cc1ccccc1. The van der Waals surface area contributed by atoms with E-state index < -0.39 is 0 Å². The normalized spacial score (nSPS) is 14.0. The van der Waals surface area contributed by atoms with Gasteiger partial charge in [-0.1, -0.05) is 36.4 Å². The molecule has 0 amide bonds. The summed E-state index contributed by atoms with van der Waals surface area (Å²) in [6, 6.07) is 19.5. The molecular formula is C20H19N3. The quantitative estimate of drug-likeness (QED) is 0.778. The van der Waals surface area contributed by atoms with Crippen LogP contribution in [0.5, 0.6) is 0 Å². The monoisotopic (exact) mass is 301 g/mol. The summed E-state index contributed by atoms with van der Waals surface area (Å²) in [5, 5.41) is 14.1. The van der Waals surface area contributed by atoms with Crippen LogP contribution in [0.25, 0.3) is 10.9 Å². The van der Waals surface area contributed by atoms with Crippen molar-refractivity contribution < 1.29 is 0 Å². The van der Waals surface area contributed by atoms with Crippen molar-refractivity contribution in [3.63, 3.8) is 0 Å². The highest BCUT2D eigenvalue weighted by Gasteiger charge is 2.21. The molecule has 0 saturated heterocycles. The molecule has 0 bridgehead atoms. The van der Waals surface area contributed by atoms with E-state index in [0.717, 1.165) is 29.6 Å². The highest BCUT2D eigenvalue weighted by atomic mass is 15.0. The number of aromatic nitrogens is 1. The lowest BCUT2D eigenvalue weighted by molar-refractivity contribution is 0.687.